The van der Waals surface area contributed by atoms with Gasteiger partial charge in [0.15, 0.2) is 23.0 Å². The minimum absolute atomic E-state index is 0.0958. The second-order valence-corrected chi connectivity index (χ2v) is 6.93. The molecule has 0 unspecified atom stereocenters. The molecule has 0 aliphatic carbocycles. The highest BCUT2D eigenvalue weighted by molar-refractivity contribution is 5.89. The molecule has 2 aromatic carbocycles. The number of methoxy groups -OCH3 is 6. The molecular formula is C24H30N4O8. The van der Waals surface area contributed by atoms with Gasteiger partial charge in [-0.25, -0.2) is 10.9 Å². The molecular weight excluding hydrogens is 472 g/mol. The minimum Gasteiger partial charge on any atom is -0.493 e. The molecule has 2 aromatic rings. The van der Waals surface area contributed by atoms with Gasteiger partial charge in [-0.2, -0.15) is 10.2 Å². The maximum absolute atomic E-state index is 12.1. The number of carbonyl (C=O) groups is 2. The Morgan fingerprint density at radius 1 is 0.611 bits per heavy atom. The van der Waals surface area contributed by atoms with E-state index >= 15 is 0 Å². The molecule has 2 N–H and O–H groups in total. The van der Waals surface area contributed by atoms with Gasteiger partial charge in [0.05, 0.1) is 55.1 Å². The number of amides is 2. The number of benzene rings is 2. The summed E-state index contributed by atoms with van der Waals surface area (Å²) in [5, 5.41) is 7.82. The van der Waals surface area contributed by atoms with Crippen molar-refractivity contribution in [3.05, 3.63) is 35.4 Å². The number of hydrazone groups is 2. The summed E-state index contributed by atoms with van der Waals surface area (Å²) in [4.78, 5) is 24.1. The third-order valence-electron chi connectivity index (χ3n) is 4.83. The lowest BCUT2D eigenvalue weighted by molar-refractivity contribution is -0.126. The molecule has 0 spiro atoms. The first-order chi connectivity index (χ1) is 17.4. The number of nitrogens with zero attached hydrogens (tertiary/aromatic N) is 2. The van der Waals surface area contributed by atoms with E-state index in [0.29, 0.717) is 45.6 Å². The molecule has 0 aliphatic heterocycles. The van der Waals surface area contributed by atoms with Crippen LogP contribution >= 0.6 is 0 Å². The summed E-state index contributed by atoms with van der Waals surface area (Å²) in [5.41, 5.74) is 5.86. The van der Waals surface area contributed by atoms with Crippen molar-refractivity contribution in [2.45, 2.75) is 12.8 Å². The maximum Gasteiger partial charge on any atom is 0.240 e. The Kier molecular flexibility index (Phi) is 10.8. The van der Waals surface area contributed by atoms with Gasteiger partial charge >= 0.3 is 0 Å². The van der Waals surface area contributed by atoms with Crippen molar-refractivity contribution in [3.8, 4) is 34.5 Å². The van der Waals surface area contributed by atoms with E-state index in [1.807, 2.05) is 0 Å². The van der Waals surface area contributed by atoms with Gasteiger partial charge in [-0.3, -0.25) is 9.59 Å². The van der Waals surface area contributed by atoms with Gasteiger partial charge < -0.3 is 28.4 Å². The zero-order valence-corrected chi connectivity index (χ0v) is 21.0. The van der Waals surface area contributed by atoms with Gasteiger partial charge in [0, 0.05) is 24.0 Å². The molecule has 0 bridgehead atoms. The first kappa shape index (κ1) is 27.8. The fraction of sp³-hybridized carbons (Fsp3) is 0.333. The van der Waals surface area contributed by atoms with Gasteiger partial charge in [-0.05, 0) is 24.3 Å². The Morgan fingerprint density at radius 2 is 0.972 bits per heavy atom. The molecule has 194 valence electrons. The molecule has 12 heteroatoms. The van der Waals surface area contributed by atoms with E-state index in [0.717, 1.165) is 0 Å². The first-order valence-electron chi connectivity index (χ1n) is 10.7. The Bertz CT molecular complexity index is 1030. The average Bonchev–Trinajstić information content (AvgIpc) is 2.90. The van der Waals surface area contributed by atoms with Crippen molar-refractivity contribution in [1.29, 1.82) is 0 Å². The molecule has 0 aliphatic rings. The average molecular weight is 503 g/mol. The summed E-state index contributed by atoms with van der Waals surface area (Å²) in [5.74, 6) is 1.69. The van der Waals surface area contributed by atoms with Crippen LogP contribution in [0.3, 0.4) is 0 Å². The summed E-state index contributed by atoms with van der Waals surface area (Å²) in [7, 11) is 8.97. The Morgan fingerprint density at radius 3 is 1.28 bits per heavy atom. The number of hydrogen-bond acceptors (Lipinski definition) is 10. The van der Waals surface area contributed by atoms with Crippen LogP contribution < -0.4 is 39.3 Å². The fourth-order valence-corrected chi connectivity index (χ4v) is 3.14. The minimum atomic E-state index is -0.452. The number of ether oxygens (including phenoxy) is 6. The molecule has 0 saturated carbocycles. The van der Waals surface area contributed by atoms with E-state index in [1.54, 1.807) is 24.3 Å². The van der Waals surface area contributed by atoms with E-state index in [2.05, 4.69) is 21.1 Å². The third kappa shape index (κ3) is 7.01. The quantitative estimate of drug-likeness (QED) is 0.314. The van der Waals surface area contributed by atoms with Gasteiger partial charge in [0.25, 0.3) is 0 Å². The van der Waals surface area contributed by atoms with E-state index in [-0.39, 0.29) is 12.8 Å². The van der Waals surface area contributed by atoms with Crippen LogP contribution in [-0.4, -0.2) is 66.9 Å². The van der Waals surface area contributed by atoms with E-state index < -0.39 is 11.8 Å². The maximum atomic E-state index is 12.1. The van der Waals surface area contributed by atoms with Gasteiger partial charge in [0.1, 0.15) is 0 Å². The van der Waals surface area contributed by atoms with E-state index in [1.165, 1.54) is 55.1 Å². The van der Waals surface area contributed by atoms with Crippen molar-refractivity contribution in [1.82, 2.24) is 10.9 Å². The summed E-state index contributed by atoms with van der Waals surface area (Å²) in [6.07, 6.45) is 2.61. The Hall–Kier alpha value is -4.48. The predicted molar refractivity (Wildman–Crippen MR) is 133 cm³/mol. The van der Waals surface area contributed by atoms with Crippen LogP contribution in [0.25, 0.3) is 0 Å². The van der Waals surface area contributed by atoms with Crippen LogP contribution in [-0.2, 0) is 9.59 Å². The lowest BCUT2D eigenvalue weighted by atomic mass is 10.2. The third-order valence-corrected chi connectivity index (χ3v) is 4.83. The normalized spacial score (nSPS) is 10.7. The van der Waals surface area contributed by atoms with Crippen molar-refractivity contribution in [2.24, 2.45) is 10.2 Å². The molecule has 36 heavy (non-hydrogen) atoms. The van der Waals surface area contributed by atoms with Gasteiger partial charge in [0.2, 0.25) is 23.3 Å². The second kappa shape index (κ2) is 14.0. The number of carbonyl (C=O) groups excluding carboxylic acids is 2. The molecule has 2 rings (SSSR count). The molecule has 0 saturated heterocycles. The molecule has 0 atom stereocenters. The number of hydrogen-bond donors (Lipinski definition) is 2. The summed E-state index contributed by atoms with van der Waals surface area (Å²) >= 11 is 0. The van der Waals surface area contributed by atoms with Crippen LogP contribution in [0.4, 0.5) is 0 Å². The van der Waals surface area contributed by atoms with Gasteiger partial charge in [-0.1, -0.05) is 0 Å². The van der Waals surface area contributed by atoms with Gasteiger partial charge in [-0.15, -0.1) is 0 Å². The second-order valence-electron chi connectivity index (χ2n) is 6.93. The Balaban J connectivity index is 1.90. The van der Waals surface area contributed by atoms with Crippen LogP contribution in [0, 0.1) is 0 Å². The highest BCUT2D eigenvalue weighted by Gasteiger charge is 2.16. The number of rotatable bonds is 13. The molecule has 0 aromatic heterocycles. The van der Waals surface area contributed by atoms with E-state index in [4.69, 9.17) is 28.4 Å². The molecule has 0 fully saturated rings. The SMILES string of the molecule is COc1ccc(C=NNC(=O)CCC(=O)NN=Cc2ccc(OC)c(OC)c2OC)c(OC)c1OC. The lowest BCUT2D eigenvalue weighted by Gasteiger charge is -2.13. The summed E-state index contributed by atoms with van der Waals surface area (Å²) < 4.78 is 31.8. The predicted octanol–water partition coefficient (Wildman–Crippen LogP) is 2.12. The highest BCUT2D eigenvalue weighted by Crippen LogP contribution is 2.39. The standard InChI is InChI=1S/C24H30N4O8/c1-31-17-9-7-15(21(33-3)23(17)35-5)13-25-27-19(29)11-12-20(30)28-26-14-16-8-10-18(32-2)24(36-6)22(16)34-4/h7-10,13-14H,11-12H2,1-6H3,(H,27,29)(H,28,30). The van der Waals surface area contributed by atoms with Crippen molar-refractivity contribution in [2.75, 3.05) is 42.7 Å². The highest BCUT2D eigenvalue weighted by atomic mass is 16.5. The van der Waals surface area contributed by atoms with Crippen molar-refractivity contribution < 1.29 is 38.0 Å². The molecule has 2 amide bonds. The van der Waals surface area contributed by atoms with Crippen LogP contribution in [0.1, 0.15) is 24.0 Å². The van der Waals surface area contributed by atoms with Crippen LogP contribution in [0.15, 0.2) is 34.5 Å². The Labute approximate surface area is 209 Å². The monoisotopic (exact) mass is 502 g/mol. The first-order valence-corrected chi connectivity index (χ1v) is 10.7. The summed E-state index contributed by atoms with van der Waals surface area (Å²) in [6.45, 7) is 0. The zero-order valence-electron chi connectivity index (χ0n) is 21.0. The molecule has 12 nitrogen and oxygen atoms in total. The molecule has 0 heterocycles. The topological polar surface area (TPSA) is 138 Å². The molecule has 0 radical (unpaired) electrons. The fourth-order valence-electron chi connectivity index (χ4n) is 3.14. The number of nitrogens with one attached hydrogen (secondary N) is 2. The van der Waals surface area contributed by atoms with Crippen LogP contribution in [0.2, 0.25) is 0 Å². The summed E-state index contributed by atoms with van der Waals surface area (Å²) in [6, 6.07) is 6.78. The van der Waals surface area contributed by atoms with Crippen molar-refractivity contribution in [3.63, 3.8) is 0 Å². The smallest absolute Gasteiger partial charge is 0.240 e. The largest absolute Gasteiger partial charge is 0.493 e. The van der Waals surface area contributed by atoms with Crippen LogP contribution in [0.5, 0.6) is 34.5 Å². The van der Waals surface area contributed by atoms with Crippen molar-refractivity contribution >= 4 is 24.2 Å². The lowest BCUT2D eigenvalue weighted by Crippen LogP contribution is -2.22. The zero-order chi connectivity index (χ0) is 26.5. The van der Waals surface area contributed by atoms with E-state index in [9.17, 15) is 9.59 Å².